The largest absolute Gasteiger partial charge is 0.490 e. The van der Waals surface area contributed by atoms with E-state index in [1.54, 1.807) is 83.8 Å². The molecule has 0 bridgehead atoms. The maximum absolute atomic E-state index is 13.4. The molecule has 9 nitrogen and oxygen atoms in total. The van der Waals surface area contributed by atoms with Crippen LogP contribution in [0.4, 0.5) is 21.0 Å². The number of fused-ring (bicyclic) bond motifs is 1. The van der Waals surface area contributed by atoms with Gasteiger partial charge in [-0.3, -0.25) is 9.69 Å². The van der Waals surface area contributed by atoms with Gasteiger partial charge in [0.25, 0.3) is 5.91 Å². The van der Waals surface area contributed by atoms with Crippen molar-refractivity contribution in [3.63, 3.8) is 0 Å². The van der Waals surface area contributed by atoms with Crippen molar-refractivity contribution in [2.24, 2.45) is 4.99 Å². The molecule has 1 fully saturated rings. The molecule has 2 aliphatic rings. The van der Waals surface area contributed by atoms with Crippen molar-refractivity contribution in [3.8, 4) is 11.5 Å². The lowest BCUT2D eigenvalue weighted by Gasteiger charge is -2.21. The standard InChI is InChI=1S/C31H30N4O5/c1-2-39-27-21-22(20-25-29(36)34-19-11-5-10-16-28(34)33-25)17-18-26(27)40-31(38)35(24-14-8-4-9-15-24)30(37)32-23-12-6-3-7-13-23/h3-4,6-9,12-15,17-18,20-21H,2,5,10-11,16,19H2,1H3,(H,32,37)/b25-20+. The van der Waals surface area contributed by atoms with E-state index in [0.717, 1.165) is 36.4 Å². The fraction of sp³-hybridized carbons (Fsp3) is 0.226. The summed E-state index contributed by atoms with van der Waals surface area (Å²) in [5, 5.41) is 2.72. The normalized spacial score (nSPS) is 15.6. The average molecular weight is 539 g/mol. The maximum Gasteiger partial charge on any atom is 0.428 e. The Morgan fingerprint density at radius 2 is 1.73 bits per heavy atom. The second-order valence-corrected chi connectivity index (χ2v) is 9.30. The Hall–Kier alpha value is -4.92. The van der Waals surface area contributed by atoms with Crippen LogP contribution in [0, 0.1) is 0 Å². The van der Waals surface area contributed by atoms with Crippen molar-refractivity contribution in [2.45, 2.75) is 32.6 Å². The lowest BCUT2D eigenvalue weighted by atomic mass is 10.1. The summed E-state index contributed by atoms with van der Waals surface area (Å²) in [6.07, 6.45) is 4.68. The van der Waals surface area contributed by atoms with Gasteiger partial charge in [-0.1, -0.05) is 48.9 Å². The fourth-order valence-corrected chi connectivity index (χ4v) is 4.60. The van der Waals surface area contributed by atoms with E-state index in [2.05, 4.69) is 10.3 Å². The number of nitrogens with zero attached hydrogens (tertiary/aromatic N) is 3. The number of urea groups is 1. The van der Waals surface area contributed by atoms with Crippen LogP contribution in [0.3, 0.4) is 0 Å². The van der Waals surface area contributed by atoms with Crippen LogP contribution < -0.4 is 19.7 Å². The highest BCUT2D eigenvalue weighted by molar-refractivity contribution is 6.17. The molecule has 0 saturated carbocycles. The van der Waals surface area contributed by atoms with Gasteiger partial charge < -0.3 is 14.8 Å². The molecule has 204 valence electrons. The number of carbonyl (C=O) groups is 3. The molecule has 9 heteroatoms. The molecular weight excluding hydrogens is 508 g/mol. The Labute approximate surface area is 232 Å². The number of anilines is 2. The van der Waals surface area contributed by atoms with E-state index in [1.807, 2.05) is 13.0 Å². The molecule has 3 aromatic rings. The monoisotopic (exact) mass is 538 g/mol. The van der Waals surface area contributed by atoms with Gasteiger partial charge in [-0.05, 0) is 67.8 Å². The van der Waals surface area contributed by atoms with Crippen LogP contribution in [0.5, 0.6) is 11.5 Å². The molecule has 3 aromatic carbocycles. The topological polar surface area (TPSA) is 101 Å². The van der Waals surface area contributed by atoms with Crippen LogP contribution in [0.25, 0.3) is 6.08 Å². The third kappa shape index (κ3) is 6.04. The van der Waals surface area contributed by atoms with Gasteiger partial charge >= 0.3 is 12.1 Å². The summed E-state index contributed by atoms with van der Waals surface area (Å²) in [6.45, 7) is 2.81. The van der Waals surface area contributed by atoms with Crippen LogP contribution in [0.2, 0.25) is 0 Å². The lowest BCUT2D eigenvalue weighted by Crippen LogP contribution is -2.42. The summed E-state index contributed by atoms with van der Waals surface area (Å²) in [5.41, 5.74) is 1.92. The van der Waals surface area contributed by atoms with E-state index in [0.29, 0.717) is 41.5 Å². The molecule has 0 aliphatic carbocycles. The minimum atomic E-state index is -0.906. The Morgan fingerprint density at radius 1 is 0.975 bits per heavy atom. The number of imide groups is 1. The summed E-state index contributed by atoms with van der Waals surface area (Å²) in [7, 11) is 0. The molecule has 1 N–H and O–H groups in total. The minimum absolute atomic E-state index is 0.103. The van der Waals surface area contributed by atoms with Gasteiger partial charge in [0.2, 0.25) is 0 Å². The zero-order valence-electron chi connectivity index (χ0n) is 22.2. The minimum Gasteiger partial charge on any atom is -0.490 e. The summed E-state index contributed by atoms with van der Waals surface area (Å²) >= 11 is 0. The first-order chi connectivity index (χ1) is 19.5. The molecule has 2 heterocycles. The number of amidine groups is 1. The van der Waals surface area contributed by atoms with E-state index >= 15 is 0 Å². The highest BCUT2D eigenvalue weighted by Crippen LogP contribution is 2.32. The maximum atomic E-state index is 13.4. The highest BCUT2D eigenvalue weighted by Gasteiger charge is 2.31. The van der Waals surface area contributed by atoms with Crippen molar-refractivity contribution in [3.05, 3.63) is 90.1 Å². The number of hydrogen-bond donors (Lipinski definition) is 1. The third-order valence-electron chi connectivity index (χ3n) is 6.50. The Bertz CT molecular complexity index is 1450. The summed E-state index contributed by atoms with van der Waals surface area (Å²) in [4.78, 5) is 46.8. The molecule has 2 aliphatic heterocycles. The summed E-state index contributed by atoms with van der Waals surface area (Å²) < 4.78 is 11.5. The van der Waals surface area contributed by atoms with Crippen LogP contribution in [0.1, 0.15) is 38.2 Å². The molecule has 5 rings (SSSR count). The van der Waals surface area contributed by atoms with Gasteiger partial charge in [0.1, 0.15) is 11.5 Å². The SMILES string of the molecule is CCOc1cc(/C=C2/N=C3CCCCCN3C2=O)ccc1OC(=O)N(C(=O)Nc1ccccc1)c1ccccc1. The van der Waals surface area contributed by atoms with E-state index in [4.69, 9.17) is 9.47 Å². The van der Waals surface area contributed by atoms with Crippen LogP contribution in [-0.4, -0.2) is 41.9 Å². The van der Waals surface area contributed by atoms with Gasteiger partial charge in [0, 0.05) is 18.7 Å². The van der Waals surface area contributed by atoms with Crippen molar-refractivity contribution >= 4 is 41.3 Å². The number of ether oxygens (including phenoxy) is 2. The van der Waals surface area contributed by atoms with E-state index in [-0.39, 0.29) is 11.7 Å². The first-order valence-electron chi connectivity index (χ1n) is 13.3. The molecule has 4 amide bonds. The number of hydrogen-bond acceptors (Lipinski definition) is 6. The Kier molecular flexibility index (Phi) is 8.20. The van der Waals surface area contributed by atoms with Crippen molar-refractivity contribution < 1.29 is 23.9 Å². The molecule has 1 saturated heterocycles. The third-order valence-corrected chi connectivity index (χ3v) is 6.50. The molecule has 0 unspecified atom stereocenters. The van der Waals surface area contributed by atoms with Crippen molar-refractivity contribution in [1.29, 1.82) is 0 Å². The van der Waals surface area contributed by atoms with Gasteiger partial charge in [0.15, 0.2) is 11.5 Å². The predicted molar refractivity (Wildman–Crippen MR) is 154 cm³/mol. The lowest BCUT2D eigenvalue weighted by molar-refractivity contribution is -0.122. The van der Waals surface area contributed by atoms with Crippen molar-refractivity contribution in [2.75, 3.05) is 23.4 Å². The van der Waals surface area contributed by atoms with E-state index in [9.17, 15) is 14.4 Å². The first kappa shape index (κ1) is 26.7. The fourth-order valence-electron chi connectivity index (χ4n) is 4.60. The molecule has 0 radical (unpaired) electrons. The number of nitrogens with one attached hydrogen (secondary N) is 1. The number of benzene rings is 3. The smallest absolute Gasteiger partial charge is 0.428 e. The Balaban J connectivity index is 1.39. The van der Waals surface area contributed by atoms with Gasteiger partial charge in [0.05, 0.1) is 12.3 Å². The highest BCUT2D eigenvalue weighted by atomic mass is 16.6. The summed E-state index contributed by atoms with van der Waals surface area (Å²) in [5.74, 6) is 1.15. The summed E-state index contributed by atoms with van der Waals surface area (Å²) in [6, 6.07) is 21.7. The zero-order chi connectivity index (χ0) is 27.9. The number of para-hydroxylation sites is 2. The van der Waals surface area contributed by atoms with Crippen LogP contribution in [-0.2, 0) is 4.79 Å². The molecule has 40 heavy (non-hydrogen) atoms. The quantitative estimate of drug-likeness (QED) is 0.362. The molecule has 0 spiro atoms. The van der Waals surface area contributed by atoms with Gasteiger partial charge in [-0.25, -0.2) is 14.6 Å². The second-order valence-electron chi connectivity index (χ2n) is 9.30. The van der Waals surface area contributed by atoms with Gasteiger partial charge in [-0.2, -0.15) is 4.90 Å². The first-order valence-corrected chi connectivity index (χ1v) is 13.3. The number of aliphatic imine (C=N–C) groups is 1. The number of rotatable bonds is 6. The van der Waals surface area contributed by atoms with Crippen LogP contribution >= 0.6 is 0 Å². The zero-order valence-corrected chi connectivity index (χ0v) is 22.2. The molecule has 0 atom stereocenters. The number of amides is 4. The molecular formula is C31H30N4O5. The van der Waals surface area contributed by atoms with Crippen molar-refractivity contribution in [1.82, 2.24) is 4.90 Å². The molecule has 0 aromatic heterocycles. The predicted octanol–water partition coefficient (Wildman–Crippen LogP) is 6.48. The average Bonchev–Trinajstić information content (AvgIpc) is 3.10. The second kappa shape index (κ2) is 12.3. The Morgan fingerprint density at radius 3 is 2.48 bits per heavy atom. The van der Waals surface area contributed by atoms with E-state index in [1.165, 1.54) is 0 Å². The van der Waals surface area contributed by atoms with Gasteiger partial charge in [-0.15, -0.1) is 0 Å². The van der Waals surface area contributed by atoms with E-state index < -0.39 is 12.1 Å². The van der Waals surface area contributed by atoms with Crippen LogP contribution in [0.15, 0.2) is 89.6 Å². The number of carbonyl (C=O) groups excluding carboxylic acids is 3.